The molecule has 2 unspecified atom stereocenters. The minimum Gasteiger partial charge on any atom is -0.396 e. The summed E-state index contributed by atoms with van der Waals surface area (Å²) in [5.41, 5.74) is 8.07. The molecule has 4 heteroatoms. The molecule has 1 aromatic heterocycles. The molecule has 0 saturated heterocycles. The maximum atomic E-state index is 9.11. The van der Waals surface area contributed by atoms with Crippen molar-refractivity contribution in [3.05, 3.63) is 42.1 Å². The normalized spacial score (nSPS) is 14.3. The van der Waals surface area contributed by atoms with Gasteiger partial charge in [-0.2, -0.15) is 0 Å². The molecule has 0 saturated carbocycles. The lowest BCUT2D eigenvalue weighted by Gasteiger charge is -2.24. The van der Waals surface area contributed by atoms with Gasteiger partial charge in [0, 0.05) is 36.8 Å². The van der Waals surface area contributed by atoms with E-state index in [0.717, 1.165) is 29.3 Å². The van der Waals surface area contributed by atoms with Crippen LogP contribution in [0.4, 0.5) is 0 Å². The van der Waals surface area contributed by atoms with Gasteiger partial charge in [-0.05, 0) is 24.5 Å². The van der Waals surface area contributed by atoms with Gasteiger partial charge < -0.3 is 16.2 Å². The van der Waals surface area contributed by atoms with Crippen molar-refractivity contribution in [3.63, 3.8) is 0 Å². The largest absolute Gasteiger partial charge is 0.396 e. The van der Waals surface area contributed by atoms with Gasteiger partial charge in [-0.3, -0.25) is 4.98 Å². The highest BCUT2D eigenvalue weighted by molar-refractivity contribution is 5.82. The zero-order valence-corrected chi connectivity index (χ0v) is 11.9. The van der Waals surface area contributed by atoms with Crippen LogP contribution in [0.25, 0.3) is 10.9 Å². The van der Waals surface area contributed by atoms with Crippen LogP contribution in [-0.4, -0.2) is 29.3 Å². The molecule has 108 valence electrons. The number of hydrogen-bond donors (Lipinski definition) is 3. The molecule has 2 atom stereocenters. The van der Waals surface area contributed by atoms with Crippen molar-refractivity contribution >= 4 is 10.9 Å². The van der Waals surface area contributed by atoms with Gasteiger partial charge in [0.2, 0.25) is 0 Å². The number of nitrogens with zero attached hydrogens (tertiary/aromatic N) is 1. The van der Waals surface area contributed by atoms with Crippen LogP contribution < -0.4 is 11.1 Å². The highest BCUT2D eigenvalue weighted by Gasteiger charge is 2.17. The standard InChI is InChI=1S/C16H23N3O/c1-2-13(8-10-20)19-15(11-17)14-7-3-5-12-6-4-9-18-16(12)14/h3-7,9,13,15,19-20H,2,8,10-11,17H2,1H3. The smallest absolute Gasteiger partial charge is 0.0750 e. The third-order valence-corrected chi connectivity index (χ3v) is 3.68. The number of hydrogen-bond acceptors (Lipinski definition) is 4. The summed E-state index contributed by atoms with van der Waals surface area (Å²) in [5, 5.41) is 13.8. The molecular formula is C16H23N3O. The van der Waals surface area contributed by atoms with E-state index in [1.54, 1.807) is 0 Å². The van der Waals surface area contributed by atoms with Crippen molar-refractivity contribution < 1.29 is 5.11 Å². The maximum absolute atomic E-state index is 9.11. The van der Waals surface area contributed by atoms with Crippen LogP contribution in [0.15, 0.2) is 36.5 Å². The lowest BCUT2D eigenvalue weighted by atomic mass is 10.0. The van der Waals surface area contributed by atoms with Crippen molar-refractivity contribution in [2.24, 2.45) is 5.73 Å². The molecule has 4 nitrogen and oxygen atoms in total. The summed E-state index contributed by atoms with van der Waals surface area (Å²) in [7, 11) is 0. The predicted molar refractivity (Wildman–Crippen MR) is 82.5 cm³/mol. The second-order valence-corrected chi connectivity index (χ2v) is 4.99. The van der Waals surface area contributed by atoms with Gasteiger partial charge in [-0.15, -0.1) is 0 Å². The molecule has 0 spiro atoms. The Kier molecular flexibility index (Phi) is 5.47. The summed E-state index contributed by atoms with van der Waals surface area (Å²) in [4.78, 5) is 4.48. The maximum Gasteiger partial charge on any atom is 0.0750 e. The Morgan fingerprint density at radius 1 is 1.30 bits per heavy atom. The summed E-state index contributed by atoms with van der Waals surface area (Å²) in [6.45, 7) is 2.82. The Morgan fingerprint density at radius 2 is 2.10 bits per heavy atom. The first kappa shape index (κ1) is 14.9. The summed E-state index contributed by atoms with van der Waals surface area (Å²) >= 11 is 0. The molecule has 0 fully saturated rings. The number of nitrogens with two attached hydrogens (primary N) is 1. The fourth-order valence-electron chi connectivity index (χ4n) is 2.54. The highest BCUT2D eigenvalue weighted by atomic mass is 16.3. The van der Waals surface area contributed by atoms with E-state index >= 15 is 0 Å². The van der Waals surface area contributed by atoms with Crippen LogP contribution in [0.3, 0.4) is 0 Å². The highest BCUT2D eigenvalue weighted by Crippen LogP contribution is 2.22. The van der Waals surface area contributed by atoms with E-state index in [1.807, 2.05) is 18.3 Å². The van der Waals surface area contributed by atoms with Gasteiger partial charge in [0.15, 0.2) is 0 Å². The molecule has 0 amide bonds. The summed E-state index contributed by atoms with van der Waals surface area (Å²) in [6, 6.07) is 10.5. The van der Waals surface area contributed by atoms with Crippen molar-refractivity contribution in [3.8, 4) is 0 Å². The number of nitrogens with one attached hydrogen (secondary N) is 1. The molecule has 0 aliphatic rings. The van der Waals surface area contributed by atoms with Crippen LogP contribution in [-0.2, 0) is 0 Å². The molecular weight excluding hydrogens is 250 g/mol. The number of pyridine rings is 1. The van der Waals surface area contributed by atoms with Crippen LogP contribution >= 0.6 is 0 Å². The number of fused-ring (bicyclic) bond motifs is 1. The van der Waals surface area contributed by atoms with Crippen molar-refractivity contribution in [1.29, 1.82) is 0 Å². The molecule has 0 bridgehead atoms. The first-order valence-electron chi connectivity index (χ1n) is 7.20. The Balaban J connectivity index is 2.29. The van der Waals surface area contributed by atoms with Gasteiger partial charge in [0.1, 0.15) is 0 Å². The van der Waals surface area contributed by atoms with Crippen molar-refractivity contribution in [2.45, 2.75) is 31.8 Å². The molecule has 2 rings (SSSR count). The van der Waals surface area contributed by atoms with Gasteiger partial charge in [-0.1, -0.05) is 31.2 Å². The molecule has 1 heterocycles. The van der Waals surface area contributed by atoms with Crippen LogP contribution in [0.2, 0.25) is 0 Å². The Morgan fingerprint density at radius 3 is 2.80 bits per heavy atom. The number of benzene rings is 1. The third kappa shape index (κ3) is 3.33. The summed E-state index contributed by atoms with van der Waals surface area (Å²) in [5.74, 6) is 0. The number of aliphatic hydroxyl groups excluding tert-OH is 1. The molecule has 1 aromatic carbocycles. The molecule has 4 N–H and O–H groups in total. The average molecular weight is 273 g/mol. The lowest BCUT2D eigenvalue weighted by Crippen LogP contribution is -2.37. The number of para-hydroxylation sites is 1. The summed E-state index contributed by atoms with van der Waals surface area (Å²) < 4.78 is 0. The minimum absolute atomic E-state index is 0.0603. The quantitative estimate of drug-likeness (QED) is 0.721. The molecule has 0 aliphatic heterocycles. The number of rotatable bonds is 7. The Bertz CT molecular complexity index is 539. The molecule has 2 aromatic rings. The topological polar surface area (TPSA) is 71.2 Å². The van der Waals surface area contributed by atoms with E-state index in [2.05, 4.69) is 35.4 Å². The van der Waals surface area contributed by atoms with Crippen LogP contribution in [0, 0.1) is 0 Å². The predicted octanol–water partition coefficient (Wildman–Crippen LogP) is 1.99. The van der Waals surface area contributed by atoms with Crippen molar-refractivity contribution in [2.75, 3.05) is 13.2 Å². The monoisotopic (exact) mass is 273 g/mol. The first-order chi connectivity index (χ1) is 9.80. The van der Waals surface area contributed by atoms with Gasteiger partial charge in [-0.25, -0.2) is 0 Å². The zero-order valence-electron chi connectivity index (χ0n) is 11.9. The van der Waals surface area contributed by atoms with Crippen LogP contribution in [0.5, 0.6) is 0 Å². The lowest BCUT2D eigenvalue weighted by molar-refractivity contribution is 0.256. The molecule has 20 heavy (non-hydrogen) atoms. The van der Waals surface area contributed by atoms with Crippen LogP contribution in [0.1, 0.15) is 31.4 Å². The number of aromatic nitrogens is 1. The van der Waals surface area contributed by atoms with E-state index < -0.39 is 0 Å². The molecule has 0 radical (unpaired) electrons. The average Bonchev–Trinajstić information content (AvgIpc) is 2.51. The van der Waals surface area contributed by atoms with Gasteiger partial charge in [0.25, 0.3) is 0 Å². The Labute approximate surface area is 120 Å². The van der Waals surface area contributed by atoms with E-state index in [9.17, 15) is 0 Å². The van der Waals surface area contributed by atoms with Gasteiger partial charge in [0.05, 0.1) is 5.52 Å². The van der Waals surface area contributed by atoms with E-state index in [-0.39, 0.29) is 18.7 Å². The first-order valence-corrected chi connectivity index (χ1v) is 7.20. The second-order valence-electron chi connectivity index (χ2n) is 4.99. The zero-order chi connectivity index (χ0) is 14.4. The van der Waals surface area contributed by atoms with Crippen molar-refractivity contribution in [1.82, 2.24) is 10.3 Å². The SMILES string of the molecule is CCC(CCO)NC(CN)c1cccc2cccnc12. The third-order valence-electron chi connectivity index (χ3n) is 3.68. The Hall–Kier alpha value is -1.49. The second kappa shape index (κ2) is 7.33. The van der Waals surface area contributed by atoms with E-state index in [0.29, 0.717) is 6.54 Å². The summed E-state index contributed by atoms with van der Waals surface area (Å²) in [6.07, 6.45) is 3.52. The fourth-order valence-corrected chi connectivity index (χ4v) is 2.54. The minimum atomic E-state index is 0.0603. The fraction of sp³-hybridized carbons (Fsp3) is 0.438. The van der Waals surface area contributed by atoms with E-state index in [4.69, 9.17) is 10.8 Å². The molecule has 0 aliphatic carbocycles. The van der Waals surface area contributed by atoms with Gasteiger partial charge >= 0.3 is 0 Å². The van der Waals surface area contributed by atoms with E-state index in [1.165, 1.54) is 0 Å². The number of aliphatic hydroxyl groups is 1.